The van der Waals surface area contributed by atoms with Crippen molar-refractivity contribution < 1.29 is 0 Å². The fourth-order valence-corrected chi connectivity index (χ4v) is 2.06. The predicted molar refractivity (Wildman–Crippen MR) is 63.2 cm³/mol. The summed E-state index contributed by atoms with van der Waals surface area (Å²) in [5.41, 5.74) is 7.20. The second kappa shape index (κ2) is 3.65. The van der Waals surface area contributed by atoms with Gasteiger partial charge in [-0.1, -0.05) is 25.4 Å². The Morgan fingerprint density at radius 1 is 1.53 bits per heavy atom. The van der Waals surface area contributed by atoms with E-state index in [1.54, 1.807) is 12.4 Å². The monoisotopic (exact) mass is 225 g/mol. The van der Waals surface area contributed by atoms with Crippen molar-refractivity contribution in [3.8, 4) is 0 Å². The largest absolute Gasteiger partial charge is 0.366 e. The van der Waals surface area contributed by atoms with E-state index in [1.165, 1.54) is 0 Å². The van der Waals surface area contributed by atoms with E-state index >= 15 is 0 Å². The van der Waals surface area contributed by atoms with Crippen LogP contribution in [0.15, 0.2) is 18.5 Å². The molecule has 0 radical (unpaired) electrons. The van der Waals surface area contributed by atoms with E-state index in [-0.39, 0.29) is 5.54 Å². The fraction of sp³-hybridized carbons (Fsp3) is 0.545. The van der Waals surface area contributed by atoms with Gasteiger partial charge in [-0.3, -0.25) is 4.98 Å². The Morgan fingerprint density at radius 3 is 2.73 bits per heavy atom. The molecule has 0 atom stereocenters. The van der Waals surface area contributed by atoms with Gasteiger partial charge in [-0.15, -0.1) is 0 Å². The molecular weight excluding hydrogens is 210 g/mol. The van der Waals surface area contributed by atoms with Crippen molar-refractivity contribution in [2.75, 3.05) is 18.0 Å². The Bertz CT molecular complexity index is 359. The summed E-state index contributed by atoms with van der Waals surface area (Å²) >= 11 is 6.06. The van der Waals surface area contributed by atoms with Crippen LogP contribution in [0.25, 0.3) is 0 Å². The van der Waals surface area contributed by atoms with Crippen LogP contribution in [0.4, 0.5) is 5.69 Å². The molecule has 15 heavy (non-hydrogen) atoms. The first-order chi connectivity index (χ1) is 7.03. The van der Waals surface area contributed by atoms with E-state index in [0.717, 1.165) is 18.8 Å². The molecular formula is C11H16ClN3. The highest BCUT2D eigenvalue weighted by Gasteiger charge is 2.42. The van der Waals surface area contributed by atoms with Gasteiger partial charge in [-0.2, -0.15) is 0 Å². The highest BCUT2D eigenvalue weighted by atomic mass is 35.5. The van der Waals surface area contributed by atoms with Crippen molar-refractivity contribution in [3.05, 3.63) is 23.5 Å². The van der Waals surface area contributed by atoms with Crippen molar-refractivity contribution in [1.82, 2.24) is 4.98 Å². The molecule has 3 nitrogen and oxygen atoms in total. The van der Waals surface area contributed by atoms with Gasteiger partial charge in [0.1, 0.15) is 0 Å². The molecule has 1 aromatic heterocycles. The molecule has 82 valence electrons. The maximum absolute atomic E-state index is 6.22. The van der Waals surface area contributed by atoms with E-state index < -0.39 is 0 Å². The lowest BCUT2D eigenvalue weighted by Gasteiger charge is -2.51. The number of rotatable bonds is 2. The maximum Gasteiger partial charge on any atom is 0.0822 e. The molecule has 4 heteroatoms. The number of nitrogens with zero attached hydrogens (tertiary/aromatic N) is 2. The first-order valence-electron chi connectivity index (χ1n) is 5.16. The normalized spacial score (nSPS) is 19.1. The molecule has 0 aliphatic carbocycles. The Morgan fingerprint density at radius 2 is 2.20 bits per heavy atom. The van der Waals surface area contributed by atoms with Crippen LogP contribution in [-0.2, 0) is 0 Å². The zero-order valence-electron chi connectivity index (χ0n) is 9.07. The van der Waals surface area contributed by atoms with Crippen LogP contribution < -0.4 is 10.6 Å². The van der Waals surface area contributed by atoms with Gasteiger partial charge in [-0.25, -0.2) is 0 Å². The van der Waals surface area contributed by atoms with Crippen molar-refractivity contribution in [1.29, 1.82) is 0 Å². The number of hydrogen-bond donors (Lipinski definition) is 1. The molecule has 1 aliphatic rings. The summed E-state index contributed by atoms with van der Waals surface area (Å²) in [7, 11) is 0. The summed E-state index contributed by atoms with van der Waals surface area (Å²) in [5.74, 6) is 0.495. The van der Waals surface area contributed by atoms with E-state index in [0.29, 0.717) is 10.9 Å². The minimum absolute atomic E-state index is 0.0629. The average molecular weight is 226 g/mol. The van der Waals surface area contributed by atoms with Crippen molar-refractivity contribution in [3.63, 3.8) is 0 Å². The number of hydrogen-bond acceptors (Lipinski definition) is 3. The van der Waals surface area contributed by atoms with Crippen molar-refractivity contribution in [2.24, 2.45) is 11.7 Å². The third-order valence-corrected chi connectivity index (χ3v) is 3.50. The SMILES string of the molecule is CC(C)C1(N)CN(c2ccncc2Cl)C1. The summed E-state index contributed by atoms with van der Waals surface area (Å²) in [6.07, 6.45) is 3.43. The first kappa shape index (κ1) is 10.7. The lowest BCUT2D eigenvalue weighted by Crippen LogP contribution is -2.70. The number of pyridine rings is 1. The Kier molecular flexibility index (Phi) is 2.61. The predicted octanol–water partition coefficient (Wildman–Crippen LogP) is 1.91. The average Bonchev–Trinajstić information content (AvgIpc) is 2.14. The van der Waals surface area contributed by atoms with E-state index in [9.17, 15) is 0 Å². The van der Waals surface area contributed by atoms with Crippen molar-refractivity contribution >= 4 is 17.3 Å². The molecule has 0 saturated carbocycles. The van der Waals surface area contributed by atoms with Crippen LogP contribution in [0.1, 0.15) is 13.8 Å². The topological polar surface area (TPSA) is 42.1 Å². The van der Waals surface area contributed by atoms with Crippen molar-refractivity contribution in [2.45, 2.75) is 19.4 Å². The van der Waals surface area contributed by atoms with E-state index in [1.807, 2.05) is 6.07 Å². The summed E-state index contributed by atoms with van der Waals surface area (Å²) in [4.78, 5) is 6.17. The minimum Gasteiger partial charge on any atom is -0.366 e. The molecule has 0 spiro atoms. The second-order valence-electron chi connectivity index (χ2n) is 4.57. The van der Waals surface area contributed by atoms with Crippen LogP contribution >= 0.6 is 11.6 Å². The van der Waals surface area contributed by atoms with Gasteiger partial charge in [-0.05, 0) is 12.0 Å². The minimum atomic E-state index is -0.0629. The number of anilines is 1. The fourth-order valence-electron chi connectivity index (χ4n) is 1.82. The zero-order chi connectivity index (χ0) is 11.1. The Balaban J connectivity index is 2.10. The molecule has 1 aromatic rings. The Hall–Kier alpha value is -0.800. The van der Waals surface area contributed by atoms with E-state index in [2.05, 4.69) is 23.7 Å². The second-order valence-corrected chi connectivity index (χ2v) is 4.98. The molecule has 2 rings (SSSR count). The summed E-state index contributed by atoms with van der Waals surface area (Å²) in [6, 6.07) is 1.93. The van der Waals surface area contributed by atoms with Crippen LogP contribution in [-0.4, -0.2) is 23.6 Å². The molecule has 2 heterocycles. The van der Waals surface area contributed by atoms with Gasteiger partial charge in [0, 0.05) is 25.5 Å². The number of aromatic nitrogens is 1. The van der Waals surface area contributed by atoms with E-state index in [4.69, 9.17) is 17.3 Å². The van der Waals surface area contributed by atoms with Crippen LogP contribution in [0.5, 0.6) is 0 Å². The van der Waals surface area contributed by atoms with Crippen LogP contribution in [0, 0.1) is 5.92 Å². The standard InChI is InChI=1S/C11H16ClN3/c1-8(2)11(13)6-15(7-11)10-3-4-14-5-9(10)12/h3-5,8H,6-7,13H2,1-2H3. The first-order valence-corrected chi connectivity index (χ1v) is 5.54. The summed E-state index contributed by atoms with van der Waals surface area (Å²) in [5, 5.41) is 0.698. The van der Waals surface area contributed by atoms with Gasteiger partial charge in [0.05, 0.1) is 16.2 Å². The third kappa shape index (κ3) is 1.82. The van der Waals surface area contributed by atoms with Crippen LogP contribution in [0.2, 0.25) is 5.02 Å². The highest BCUT2D eigenvalue weighted by Crippen LogP contribution is 2.34. The third-order valence-electron chi connectivity index (χ3n) is 3.21. The quantitative estimate of drug-likeness (QED) is 0.836. The number of nitrogens with two attached hydrogens (primary N) is 1. The van der Waals surface area contributed by atoms with Gasteiger partial charge < -0.3 is 10.6 Å². The highest BCUT2D eigenvalue weighted by molar-refractivity contribution is 6.33. The Labute approximate surface area is 95.2 Å². The maximum atomic E-state index is 6.22. The lowest BCUT2D eigenvalue weighted by molar-refractivity contribution is 0.245. The molecule has 1 saturated heterocycles. The van der Waals surface area contributed by atoms with Crippen LogP contribution in [0.3, 0.4) is 0 Å². The van der Waals surface area contributed by atoms with Gasteiger partial charge in [0.2, 0.25) is 0 Å². The lowest BCUT2D eigenvalue weighted by atomic mass is 9.80. The van der Waals surface area contributed by atoms with Gasteiger partial charge >= 0.3 is 0 Å². The molecule has 1 aliphatic heterocycles. The molecule has 1 fully saturated rings. The summed E-state index contributed by atoms with van der Waals surface area (Å²) in [6.45, 7) is 6.06. The molecule has 0 amide bonds. The van der Waals surface area contributed by atoms with Gasteiger partial charge in [0.15, 0.2) is 0 Å². The molecule has 0 aromatic carbocycles. The number of halogens is 1. The zero-order valence-corrected chi connectivity index (χ0v) is 9.83. The molecule has 2 N–H and O–H groups in total. The van der Waals surface area contributed by atoms with Gasteiger partial charge in [0.25, 0.3) is 0 Å². The molecule has 0 bridgehead atoms. The smallest absolute Gasteiger partial charge is 0.0822 e. The molecule has 0 unspecified atom stereocenters. The summed E-state index contributed by atoms with van der Waals surface area (Å²) < 4.78 is 0.